The summed E-state index contributed by atoms with van der Waals surface area (Å²) < 4.78 is 65.5. The Balaban J connectivity index is 1.65. The molecule has 2 aliphatic rings. The van der Waals surface area contributed by atoms with Gasteiger partial charge in [-0.2, -0.15) is 0 Å². The lowest BCUT2D eigenvalue weighted by Crippen LogP contribution is -2.36. The van der Waals surface area contributed by atoms with Gasteiger partial charge in [0.2, 0.25) is 0 Å². The molecule has 0 aliphatic carbocycles. The predicted octanol–water partition coefficient (Wildman–Crippen LogP) is -2.41. The van der Waals surface area contributed by atoms with Crippen LogP contribution in [0, 0.1) is 0 Å². The number of carbonyl (C=O) groups excluding carboxylic acids is 6. The van der Waals surface area contributed by atoms with Crippen molar-refractivity contribution in [2.24, 2.45) is 0 Å². The number of rotatable bonds is 11. The molecule has 0 radical (unpaired) electrons. The molecule has 0 saturated carbocycles. The van der Waals surface area contributed by atoms with Crippen LogP contribution in [0.25, 0.3) is 0 Å². The maximum atomic E-state index is 11.7. The third-order valence-electron chi connectivity index (χ3n) is 4.72. The monoisotopic (exact) mass is 526 g/mol. The maximum Gasteiger partial charge on any atom is 0.333 e. The molecule has 2 atom stereocenters. The molecular weight excluding hydrogens is 508 g/mol. The zero-order chi connectivity index (χ0) is 25.8. The zero-order valence-corrected chi connectivity index (χ0v) is 18.9. The highest BCUT2D eigenvalue weighted by molar-refractivity contribution is 7.87. The molecule has 190 valence electrons. The van der Waals surface area contributed by atoms with Gasteiger partial charge < -0.3 is 18.8 Å². The number of hydroxylamine groups is 4. The van der Waals surface area contributed by atoms with Gasteiger partial charge in [0.15, 0.2) is 0 Å². The van der Waals surface area contributed by atoms with E-state index in [4.69, 9.17) is 0 Å². The SMILES string of the molecule is O=C(CCCCCCC(=O)ON1C(=O)CC(S(=O)(=O)[O-])C1=O)ON1C(=O)CC(S(=O)(=O)[O-])C1=O. The highest BCUT2D eigenvalue weighted by atomic mass is 32.2. The number of imide groups is 2. The summed E-state index contributed by atoms with van der Waals surface area (Å²) in [5, 5.41) is -4.40. The van der Waals surface area contributed by atoms with Crippen molar-refractivity contribution in [1.82, 2.24) is 10.1 Å². The highest BCUT2D eigenvalue weighted by Crippen LogP contribution is 2.21. The van der Waals surface area contributed by atoms with Crippen LogP contribution in [-0.2, 0) is 58.7 Å². The first-order valence-electron chi connectivity index (χ1n) is 9.67. The minimum absolute atomic E-state index is 0.0535. The summed E-state index contributed by atoms with van der Waals surface area (Å²) >= 11 is 0. The molecule has 2 aliphatic heterocycles. The Morgan fingerprint density at radius 2 is 1.03 bits per heavy atom. The Labute approximate surface area is 192 Å². The lowest BCUT2D eigenvalue weighted by Gasteiger charge is -2.15. The van der Waals surface area contributed by atoms with Crippen LogP contribution in [0.3, 0.4) is 0 Å². The lowest BCUT2D eigenvalue weighted by molar-refractivity contribution is -0.197. The average molecular weight is 526 g/mol. The van der Waals surface area contributed by atoms with Gasteiger partial charge in [0.1, 0.15) is 30.7 Å². The van der Waals surface area contributed by atoms with Crippen molar-refractivity contribution in [3.8, 4) is 0 Å². The van der Waals surface area contributed by atoms with Crippen molar-refractivity contribution in [2.45, 2.75) is 61.9 Å². The van der Waals surface area contributed by atoms with Crippen molar-refractivity contribution in [3.63, 3.8) is 0 Å². The van der Waals surface area contributed by atoms with Gasteiger partial charge in [-0.1, -0.05) is 12.8 Å². The molecule has 0 aromatic rings. The van der Waals surface area contributed by atoms with Crippen LogP contribution >= 0.6 is 0 Å². The molecule has 2 unspecified atom stereocenters. The first-order chi connectivity index (χ1) is 15.6. The number of hydrogen-bond donors (Lipinski definition) is 0. The van der Waals surface area contributed by atoms with E-state index < -0.39 is 79.1 Å². The van der Waals surface area contributed by atoms with Crippen LogP contribution in [0.4, 0.5) is 0 Å². The van der Waals surface area contributed by atoms with E-state index in [0.717, 1.165) is 0 Å². The van der Waals surface area contributed by atoms with Crippen LogP contribution in [0.5, 0.6) is 0 Å². The van der Waals surface area contributed by atoms with E-state index in [1.165, 1.54) is 0 Å². The van der Waals surface area contributed by atoms with Gasteiger partial charge in [0.25, 0.3) is 23.6 Å². The first kappa shape index (κ1) is 27.3. The fourth-order valence-electron chi connectivity index (χ4n) is 3.00. The van der Waals surface area contributed by atoms with Crippen molar-refractivity contribution >= 4 is 55.8 Å². The maximum absolute atomic E-state index is 11.7. The summed E-state index contributed by atoms with van der Waals surface area (Å²) in [6.07, 6.45) is -1.35. The Morgan fingerprint density at radius 1 is 0.706 bits per heavy atom. The van der Waals surface area contributed by atoms with E-state index >= 15 is 0 Å². The minimum atomic E-state index is -5.08. The standard InChI is InChI=1S/C16H20N2O14S2/c19-11-7-9(33(25,26)27)15(23)17(11)31-13(21)5-3-1-2-4-6-14(22)32-18-12(20)8-10(16(18)24)34(28,29)30/h9-10H,1-8H2,(H,25,26,27)(H,28,29,30)/p-2. The molecule has 4 amide bonds. The van der Waals surface area contributed by atoms with Gasteiger partial charge in [-0.15, -0.1) is 10.1 Å². The number of amides is 4. The van der Waals surface area contributed by atoms with Crippen LogP contribution in [0.2, 0.25) is 0 Å². The molecule has 2 heterocycles. The predicted molar refractivity (Wildman–Crippen MR) is 99.8 cm³/mol. The van der Waals surface area contributed by atoms with E-state index in [1.807, 2.05) is 0 Å². The Bertz CT molecular complexity index is 1020. The fraction of sp³-hybridized carbons (Fsp3) is 0.625. The Hall–Kier alpha value is -2.96. The zero-order valence-electron chi connectivity index (χ0n) is 17.2. The van der Waals surface area contributed by atoms with E-state index in [9.17, 15) is 54.7 Å². The van der Waals surface area contributed by atoms with Crippen molar-refractivity contribution in [2.75, 3.05) is 0 Å². The molecule has 18 heteroatoms. The molecular formula is C16H18N2O14S2-2. The fourth-order valence-corrected chi connectivity index (χ4v) is 4.37. The average Bonchev–Trinajstić information content (AvgIpc) is 3.15. The van der Waals surface area contributed by atoms with Gasteiger partial charge in [-0.05, 0) is 12.8 Å². The van der Waals surface area contributed by atoms with Crippen molar-refractivity contribution in [1.29, 1.82) is 0 Å². The van der Waals surface area contributed by atoms with Crippen LogP contribution in [-0.4, -0.2) is 82.1 Å². The molecule has 0 N–H and O–H groups in total. The number of carbonyl (C=O) groups is 6. The third-order valence-corrected chi connectivity index (χ3v) is 6.85. The quantitative estimate of drug-likeness (QED) is 0.155. The van der Waals surface area contributed by atoms with Crippen LogP contribution in [0.1, 0.15) is 51.4 Å². The molecule has 2 rings (SSSR count). The van der Waals surface area contributed by atoms with Crippen molar-refractivity contribution < 1.29 is 64.4 Å². The van der Waals surface area contributed by atoms with Gasteiger partial charge in [-0.25, -0.2) is 26.4 Å². The molecule has 2 saturated heterocycles. The second-order valence-corrected chi connectivity index (χ2v) is 10.4. The molecule has 0 spiro atoms. The van der Waals surface area contributed by atoms with E-state index in [0.29, 0.717) is 12.8 Å². The minimum Gasteiger partial charge on any atom is -0.747 e. The van der Waals surface area contributed by atoms with Crippen molar-refractivity contribution in [3.05, 3.63) is 0 Å². The summed E-state index contributed by atoms with van der Waals surface area (Å²) in [7, 11) is -10.2. The summed E-state index contributed by atoms with van der Waals surface area (Å²) in [6.45, 7) is 0. The normalized spacial score (nSPS) is 21.4. The summed E-state index contributed by atoms with van der Waals surface area (Å²) in [5.74, 6) is -7.23. The van der Waals surface area contributed by atoms with E-state index in [-0.39, 0.29) is 35.8 Å². The second-order valence-electron chi connectivity index (χ2n) is 7.26. The largest absolute Gasteiger partial charge is 0.747 e. The Morgan fingerprint density at radius 3 is 1.29 bits per heavy atom. The number of nitrogens with zero attached hydrogens (tertiary/aromatic N) is 2. The molecule has 16 nitrogen and oxygen atoms in total. The van der Waals surface area contributed by atoms with Gasteiger partial charge in [0, 0.05) is 12.8 Å². The van der Waals surface area contributed by atoms with E-state index in [1.54, 1.807) is 0 Å². The Kier molecular flexibility index (Phi) is 8.45. The molecule has 0 aromatic carbocycles. The number of hydrogen-bond acceptors (Lipinski definition) is 14. The van der Waals surface area contributed by atoms with Gasteiger partial charge >= 0.3 is 11.9 Å². The number of unbranched alkanes of at least 4 members (excludes halogenated alkanes) is 3. The third kappa shape index (κ3) is 6.78. The molecule has 0 aromatic heterocycles. The molecule has 34 heavy (non-hydrogen) atoms. The summed E-state index contributed by atoms with van der Waals surface area (Å²) in [4.78, 5) is 79.1. The lowest BCUT2D eigenvalue weighted by atomic mass is 10.1. The summed E-state index contributed by atoms with van der Waals surface area (Å²) in [5.41, 5.74) is 0. The van der Waals surface area contributed by atoms with E-state index in [2.05, 4.69) is 9.68 Å². The smallest absolute Gasteiger partial charge is 0.333 e. The van der Waals surface area contributed by atoms with Crippen LogP contribution in [0.15, 0.2) is 0 Å². The van der Waals surface area contributed by atoms with Gasteiger partial charge in [-0.3, -0.25) is 19.2 Å². The second kappa shape index (κ2) is 10.5. The summed E-state index contributed by atoms with van der Waals surface area (Å²) in [6, 6.07) is 0. The molecule has 0 bridgehead atoms. The highest BCUT2D eigenvalue weighted by Gasteiger charge is 2.46. The molecule has 2 fully saturated rings. The van der Waals surface area contributed by atoms with Gasteiger partial charge in [0.05, 0.1) is 12.8 Å². The first-order valence-corrected chi connectivity index (χ1v) is 12.6. The van der Waals surface area contributed by atoms with Crippen LogP contribution < -0.4 is 0 Å². The topological polar surface area (TPSA) is 242 Å².